The highest BCUT2D eigenvalue weighted by molar-refractivity contribution is 6.31. The lowest BCUT2D eigenvalue weighted by Crippen LogP contribution is -2.24. The summed E-state index contributed by atoms with van der Waals surface area (Å²) < 4.78 is 13.4. The zero-order chi connectivity index (χ0) is 15.2. The fraction of sp³-hybridized carbons (Fsp3) is 0.294. The van der Waals surface area contributed by atoms with Gasteiger partial charge >= 0.3 is 0 Å². The molecule has 1 atom stereocenters. The van der Waals surface area contributed by atoms with E-state index in [-0.39, 0.29) is 11.9 Å². The predicted octanol–water partition coefficient (Wildman–Crippen LogP) is 5.42. The third-order valence-electron chi connectivity index (χ3n) is 3.35. The quantitative estimate of drug-likeness (QED) is 0.748. The monoisotopic (exact) mass is 325 g/mol. The molecule has 0 radical (unpaired) electrons. The molecule has 112 valence electrons. The van der Waals surface area contributed by atoms with Gasteiger partial charge in [0, 0.05) is 16.1 Å². The second-order valence-electron chi connectivity index (χ2n) is 4.97. The van der Waals surface area contributed by atoms with E-state index >= 15 is 0 Å². The van der Waals surface area contributed by atoms with E-state index in [4.69, 9.17) is 23.2 Å². The number of rotatable bonds is 6. The molecule has 1 nitrogen and oxygen atoms in total. The average molecular weight is 326 g/mol. The van der Waals surface area contributed by atoms with Crippen LogP contribution in [0.1, 0.15) is 30.5 Å². The zero-order valence-corrected chi connectivity index (χ0v) is 13.4. The smallest absolute Gasteiger partial charge is 0.123 e. The summed E-state index contributed by atoms with van der Waals surface area (Å²) in [5.74, 6) is -0.275. The fourth-order valence-electron chi connectivity index (χ4n) is 2.29. The average Bonchev–Trinajstić information content (AvgIpc) is 2.48. The van der Waals surface area contributed by atoms with Crippen molar-refractivity contribution in [2.24, 2.45) is 0 Å². The van der Waals surface area contributed by atoms with Crippen LogP contribution in [-0.4, -0.2) is 6.54 Å². The standard InChI is InChI=1S/C17H18Cl2FN/c1-2-9-21-17(14-5-3-4-6-16(14)19)11-12-10-13(20)7-8-15(12)18/h3-8,10,17,21H,2,9,11H2,1H3. The van der Waals surface area contributed by atoms with Gasteiger partial charge in [-0.15, -0.1) is 0 Å². The molecule has 0 heterocycles. The highest BCUT2D eigenvalue weighted by atomic mass is 35.5. The summed E-state index contributed by atoms with van der Waals surface area (Å²) >= 11 is 12.5. The molecular weight excluding hydrogens is 308 g/mol. The zero-order valence-electron chi connectivity index (χ0n) is 11.9. The van der Waals surface area contributed by atoms with E-state index in [9.17, 15) is 4.39 Å². The Morgan fingerprint density at radius 1 is 1.10 bits per heavy atom. The van der Waals surface area contributed by atoms with E-state index in [1.54, 1.807) is 6.07 Å². The van der Waals surface area contributed by atoms with E-state index in [2.05, 4.69) is 12.2 Å². The second kappa shape index (κ2) is 7.79. The lowest BCUT2D eigenvalue weighted by atomic mass is 9.98. The Bertz CT molecular complexity index is 601. The summed E-state index contributed by atoms with van der Waals surface area (Å²) in [7, 11) is 0. The second-order valence-corrected chi connectivity index (χ2v) is 5.78. The minimum Gasteiger partial charge on any atom is -0.310 e. The van der Waals surface area contributed by atoms with Crippen molar-refractivity contribution >= 4 is 23.2 Å². The molecule has 0 aliphatic rings. The highest BCUT2D eigenvalue weighted by Gasteiger charge is 2.16. The summed E-state index contributed by atoms with van der Waals surface area (Å²) in [6.45, 7) is 2.97. The Hall–Kier alpha value is -1.09. The van der Waals surface area contributed by atoms with Crippen LogP contribution in [0.2, 0.25) is 10.0 Å². The first-order valence-corrected chi connectivity index (χ1v) is 7.79. The van der Waals surface area contributed by atoms with Crippen LogP contribution in [0.5, 0.6) is 0 Å². The van der Waals surface area contributed by atoms with Crippen molar-refractivity contribution in [3.05, 3.63) is 69.5 Å². The molecule has 0 amide bonds. The highest BCUT2D eigenvalue weighted by Crippen LogP contribution is 2.28. The van der Waals surface area contributed by atoms with Crippen molar-refractivity contribution in [2.75, 3.05) is 6.54 Å². The molecule has 0 saturated carbocycles. The Morgan fingerprint density at radius 3 is 2.57 bits per heavy atom. The van der Waals surface area contributed by atoms with Gasteiger partial charge in [-0.25, -0.2) is 4.39 Å². The van der Waals surface area contributed by atoms with Gasteiger partial charge in [-0.05, 0) is 54.8 Å². The first kappa shape index (κ1) is 16.3. The van der Waals surface area contributed by atoms with Gasteiger partial charge in [0.25, 0.3) is 0 Å². The maximum atomic E-state index is 13.4. The molecule has 2 rings (SSSR count). The SMILES string of the molecule is CCCNC(Cc1cc(F)ccc1Cl)c1ccccc1Cl. The van der Waals surface area contributed by atoms with E-state index in [1.165, 1.54) is 12.1 Å². The molecular formula is C17H18Cl2FN. The van der Waals surface area contributed by atoms with Crippen LogP contribution < -0.4 is 5.32 Å². The molecule has 0 aliphatic heterocycles. The summed E-state index contributed by atoms with van der Waals surface area (Å²) in [6, 6.07) is 12.2. The summed E-state index contributed by atoms with van der Waals surface area (Å²) in [5, 5.41) is 4.74. The van der Waals surface area contributed by atoms with Crippen molar-refractivity contribution in [1.29, 1.82) is 0 Å². The molecule has 0 fully saturated rings. The Kier molecular flexibility index (Phi) is 6.04. The third kappa shape index (κ3) is 4.44. The molecule has 2 aromatic carbocycles. The number of halogens is 3. The van der Waals surface area contributed by atoms with Gasteiger partial charge in [0.2, 0.25) is 0 Å². The van der Waals surface area contributed by atoms with Crippen molar-refractivity contribution in [1.82, 2.24) is 5.32 Å². The van der Waals surface area contributed by atoms with Crippen LogP contribution in [0.4, 0.5) is 4.39 Å². The van der Waals surface area contributed by atoms with Gasteiger partial charge < -0.3 is 5.32 Å². The van der Waals surface area contributed by atoms with E-state index in [0.29, 0.717) is 16.5 Å². The summed E-state index contributed by atoms with van der Waals surface area (Å²) in [4.78, 5) is 0. The molecule has 21 heavy (non-hydrogen) atoms. The minimum absolute atomic E-state index is 0.0120. The topological polar surface area (TPSA) is 12.0 Å². The lowest BCUT2D eigenvalue weighted by molar-refractivity contribution is 0.527. The Labute approximate surface area is 135 Å². The fourth-order valence-corrected chi connectivity index (χ4v) is 2.75. The molecule has 4 heteroatoms. The van der Waals surface area contributed by atoms with E-state index < -0.39 is 0 Å². The van der Waals surface area contributed by atoms with Gasteiger partial charge in [0.1, 0.15) is 5.82 Å². The maximum absolute atomic E-state index is 13.4. The van der Waals surface area contributed by atoms with Crippen LogP contribution in [0.3, 0.4) is 0 Å². The van der Waals surface area contributed by atoms with Crippen molar-refractivity contribution in [3.8, 4) is 0 Å². The normalized spacial score (nSPS) is 12.4. The summed E-state index contributed by atoms with van der Waals surface area (Å²) in [6.07, 6.45) is 1.61. The first-order chi connectivity index (χ1) is 10.1. The molecule has 1 N–H and O–H groups in total. The van der Waals surface area contributed by atoms with Crippen LogP contribution in [0.15, 0.2) is 42.5 Å². The Balaban J connectivity index is 2.28. The largest absolute Gasteiger partial charge is 0.310 e. The molecule has 0 aliphatic carbocycles. The molecule has 0 bridgehead atoms. The molecule has 2 aromatic rings. The van der Waals surface area contributed by atoms with Crippen LogP contribution in [0.25, 0.3) is 0 Å². The van der Waals surface area contributed by atoms with Crippen molar-refractivity contribution in [2.45, 2.75) is 25.8 Å². The van der Waals surface area contributed by atoms with Crippen LogP contribution in [0, 0.1) is 5.82 Å². The van der Waals surface area contributed by atoms with Gasteiger partial charge in [-0.2, -0.15) is 0 Å². The molecule has 0 spiro atoms. The first-order valence-electron chi connectivity index (χ1n) is 7.03. The minimum atomic E-state index is -0.275. The predicted molar refractivity (Wildman–Crippen MR) is 87.6 cm³/mol. The molecule has 1 unspecified atom stereocenters. The molecule has 0 aromatic heterocycles. The van der Waals surface area contributed by atoms with Gasteiger partial charge in [-0.3, -0.25) is 0 Å². The number of benzene rings is 2. The van der Waals surface area contributed by atoms with Gasteiger partial charge in [-0.1, -0.05) is 48.3 Å². The van der Waals surface area contributed by atoms with Crippen molar-refractivity contribution < 1.29 is 4.39 Å². The van der Waals surface area contributed by atoms with Crippen molar-refractivity contribution in [3.63, 3.8) is 0 Å². The van der Waals surface area contributed by atoms with Crippen LogP contribution in [-0.2, 0) is 6.42 Å². The summed E-state index contributed by atoms with van der Waals surface area (Å²) in [5.41, 5.74) is 1.79. The van der Waals surface area contributed by atoms with Gasteiger partial charge in [0.15, 0.2) is 0 Å². The lowest BCUT2D eigenvalue weighted by Gasteiger charge is -2.21. The number of hydrogen-bond acceptors (Lipinski definition) is 1. The number of hydrogen-bond donors (Lipinski definition) is 1. The molecule has 0 saturated heterocycles. The van der Waals surface area contributed by atoms with E-state index in [1.807, 2.05) is 24.3 Å². The maximum Gasteiger partial charge on any atom is 0.123 e. The Morgan fingerprint density at radius 2 is 1.86 bits per heavy atom. The van der Waals surface area contributed by atoms with E-state index in [0.717, 1.165) is 24.1 Å². The third-order valence-corrected chi connectivity index (χ3v) is 4.07. The number of nitrogens with one attached hydrogen (secondary N) is 1. The van der Waals surface area contributed by atoms with Gasteiger partial charge in [0.05, 0.1) is 0 Å². The van der Waals surface area contributed by atoms with Crippen LogP contribution >= 0.6 is 23.2 Å².